The van der Waals surface area contributed by atoms with Crippen LogP contribution in [-0.2, 0) is 4.79 Å². The van der Waals surface area contributed by atoms with Gasteiger partial charge in [-0.1, -0.05) is 13.8 Å². The van der Waals surface area contributed by atoms with Crippen LogP contribution in [0.2, 0.25) is 0 Å². The second kappa shape index (κ2) is 7.40. The summed E-state index contributed by atoms with van der Waals surface area (Å²) in [4.78, 5) is 23.0. The predicted octanol–water partition coefficient (Wildman–Crippen LogP) is 3.52. The first-order valence-electron chi connectivity index (χ1n) is 6.46. The van der Waals surface area contributed by atoms with Gasteiger partial charge in [0.25, 0.3) is 0 Å². The molecule has 1 unspecified atom stereocenters. The van der Waals surface area contributed by atoms with Crippen LogP contribution in [0.4, 0.5) is 14.9 Å². The summed E-state index contributed by atoms with van der Waals surface area (Å²) >= 11 is 3.04. The fourth-order valence-electron chi connectivity index (χ4n) is 1.79. The Kier molecular flexibility index (Phi) is 6.14. The molecule has 0 aromatic heterocycles. The lowest BCUT2D eigenvalue weighted by molar-refractivity contribution is -0.139. The standard InChI is InChI=1S/C14H18BrFN2O3/c1-7(2)4-12(13(19)20)18-14(21)17-11-6-9(15)10(16)5-8(11)3/h5-7,12H,4H2,1-3H3,(H,19,20)(H2,17,18,21). The highest BCUT2D eigenvalue weighted by Gasteiger charge is 2.21. The van der Waals surface area contributed by atoms with Crippen LogP contribution in [0.25, 0.3) is 0 Å². The van der Waals surface area contributed by atoms with Crippen LogP contribution in [0.15, 0.2) is 16.6 Å². The normalized spacial score (nSPS) is 12.1. The minimum atomic E-state index is -1.09. The van der Waals surface area contributed by atoms with Gasteiger partial charge in [-0.2, -0.15) is 0 Å². The molecule has 0 saturated carbocycles. The predicted molar refractivity (Wildman–Crippen MR) is 81.9 cm³/mol. The van der Waals surface area contributed by atoms with E-state index < -0.39 is 23.9 Å². The van der Waals surface area contributed by atoms with Gasteiger partial charge < -0.3 is 15.7 Å². The molecule has 0 fully saturated rings. The van der Waals surface area contributed by atoms with Crippen LogP contribution >= 0.6 is 15.9 Å². The van der Waals surface area contributed by atoms with E-state index >= 15 is 0 Å². The molecule has 21 heavy (non-hydrogen) atoms. The number of rotatable bonds is 5. The summed E-state index contributed by atoms with van der Waals surface area (Å²) < 4.78 is 13.5. The highest BCUT2D eigenvalue weighted by molar-refractivity contribution is 9.10. The first-order valence-corrected chi connectivity index (χ1v) is 7.26. The molecule has 3 N–H and O–H groups in total. The minimum absolute atomic E-state index is 0.133. The lowest BCUT2D eigenvalue weighted by Gasteiger charge is -2.17. The second-order valence-corrected chi connectivity index (χ2v) is 6.05. The van der Waals surface area contributed by atoms with Crippen LogP contribution in [0.5, 0.6) is 0 Å². The molecule has 0 aliphatic carbocycles. The van der Waals surface area contributed by atoms with E-state index in [1.807, 2.05) is 13.8 Å². The summed E-state index contributed by atoms with van der Waals surface area (Å²) in [6.45, 7) is 5.39. The zero-order chi connectivity index (χ0) is 16.2. The fraction of sp³-hybridized carbons (Fsp3) is 0.429. The number of carbonyl (C=O) groups is 2. The summed E-state index contributed by atoms with van der Waals surface area (Å²) in [6, 6.07) is 1.11. The molecule has 0 heterocycles. The number of nitrogens with one attached hydrogen (secondary N) is 2. The van der Waals surface area contributed by atoms with Crippen LogP contribution < -0.4 is 10.6 Å². The number of aliphatic carboxylic acids is 1. The zero-order valence-electron chi connectivity index (χ0n) is 12.0. The fourth-order valence-corrected chi connectivity index (χ4v) is 2.13. The number of anilines is 1. The highest BCUT2D eigenvalue weighted by Crippen LogP contribution is 2.24. The lowest BCUT2D eigenvalue weighted by Crippen LogP contribution is -2.43. The Hall–Kier alpha value is -1.63. The summed E-state index contributed by atoms with van der Waals surface area (Å²) in [5.41, 5.74) is 0.955. The molecular formula is C14H18BrFN2O3. The Morgan fingerprint density at radius 3 is 2.52 bits per heavy atom. The van der Waals surface area contributed by atoms with Crippen molar-refractivity contribution in [3.8, 4) is 0 Å². The van der Waals surface area contributed by atoms with Crippen LogP contribution in [0, 0.1) is 18.7 Å². The van der Waals surface area contributed by atoms with Crippen LogP contribution in [0.3, 0.4) is 0 Å². The molecule has 2 amide bonds. The summed E-state index contributed by atoms with van der Waals surface area (Å²) in [6.07, 6.45) is 0.328. The SMILES string of the molecule is Cc1cc(F)c(Br)cc1NC(=O)NC(CC(C)C)C(=O)O. The van der Waals surface area contributed by atoms with Gasteiger partial charge in [0.05, 0.1) is 4.47 Å². The number of hydrogen-bond donors (Lipinski definition) is 3. The summed E-state index contributed by atoms with van der Waals surface area (Å²) in [5.74, 6) is -1.38. The number of hydrogen-bond acceptors (Lipinski definition) is 2. The molecule has 0 aliphatic rings. The van der Waals surface area contributed by atoms with E-state index in [1.54, 1.807) is 6.92 Å². The van der Waals surface area contributed by atoms with Crippen molar-refractivity contribution in [2.45, 2.75) is 33.2 Å². The molecule has 7 heteroatoms. The first kappa shape index (κ1) is 17.4. The van der Waals surface area contributed by atoms with Crippen molar-refractivity contribution in [3.05, 3.63) is 28.0 Å². The molecule has 1 aromatic carbocycles. The summed E-state index contributed by atoms with van der Waals surface area (Å²) in [7, 11) is 0. The third kappa shape index (κ3) is 5.34. The lowest BCUT2D eigenvalue weighted by atomic mass is 10.0. The Morgan fingerprint density at radius 2 is 2.00 bits per heavy atom. The van der Waals surface area contributed by atoms with Crippen molar-refractivity contribution >= 4 is 33.6 Å². The Labute approximate surface area is 131 Å². The van der Waals surface area contributed by atoms with Crippen molar-refractivity contribution < 1.29 is 19.1 Å². The molecular weight excluding hydrogens is 343 g/mol. The van der Waals surface area contributed by atoms with Crippen LogP contribution in [-0.4, -0.2) is 23.1 Å². The number of halogens is 2. The van der Waals surface area contributed by atoms with E-state index in [1.165, 1.54) is 12.1 Å². The topological polar surface area (TPSA) is 78.4 Å². The van der Waals surface area contributed by atoms with E-state index in [0.29, 0.717) is 17.7 Å². The maximum atomic E-state index is 13.3. The average Bonchev–Trinajstić information content (AvgIpc) is 2.34. The van der Waals surface area contributed by atoms with Crippen molar-refractivity contribution in [2.24, 2.45) is 5.92 Å². The van der Waals surface area contributed by atoms with Gasteiger partial charge in [-0.05, 0) is 52.9 Å². The Bertz CT molecular complexity index is 549. The number of urea groups is 1. The quantitative estimate of drug-likeness (QED) is 0.751. The third-order valence-corrected chi connectivity index (χ3v) is 3.43. The van der Waals surface area contributed by atoms with Crippen molar-refractivity contribution in [2.75, 3.05) is 5.32 Å². The van der Waals surface area contributed by atoms with E-state index in [2.05, 4.69) is 26.6 Å². The van der Waals surface area contributed by atoms with Gasteiger partial charge >= 0.3 is 12.0 Å². The molecule has 0 spiro atoms. The smallest absolute Gasteiger partial charge is 0.326 e. The third-order valence-electron chi connectivity index (χ3n) is 2.83. The number of amides is 2. The van der Waals surface area contributed by atoms with Gasteiger partial charge in [-0.3, -0.25) is 0 Å². The number of carbonyl (C=O) groups excluding carboxylic acids is 1. The molecule has 1 rings (SSSR count). The molecule has 0 saturated heterocycles. The summed E-state index contributed by atoms with van der Waals surface area (Å²) in [5, 5.41) is 14.0. The largest absolute Gasteiger partial charge is 0.480 e. The van der Waals surface area contributed by atoms with Crippen LogP contribution in [0.1, 0.15) is 25.8 Å². The zero-order valence-corrected chi connectivity index (χ0v) is 13.6. The number of carboxylic acids is 1. The van der Waals surface area contributed by atoms with Gasteiger partial charge in [0.15, 0.2) is 0 Å². The molecule has 0 radical (unpaired) electrons. The molecule has 5 nitrogen and oxygen atoms in total. The van der Waals surface area contributed by atoms with Crippen molar-refractivity contribution in [3.63, 3.8) is 0 Å². The Balaban J connectivity index is 2.77. The molecule has 116 valence electrons. The number of benzene rings is 1. The molecule has 1 atom stereocenters. The second-order valence-electron chi connectivity index (χ2n) is 5.20. The maximum absolute atomic E-state index is 13.3. The highest BCUT2D eigenvalue weighted by atomic mass is 79.9. The van der Waals surface area contributed by atoms with Crippen molar-refractivity contribution in [1.29, 1.82) is 0 Å². The maximum Gasteiger partial charge on any atom is 0.326 e. The first-order chi connectivity index (χ1) is 9.70. The average molecular weight is 361 g/mol. The van der Waals surface area contributed by atoms with Gasteiger partial charge in [0.2, 0.25) is 0 Å². The van der Waals surface area contributed by atoms with E-state index in [-0.39, 0.29) is 10.4 Å². The van der Waals surface area contributed by atoms with Gasteiger partial charge in [0, 0.05) is 5.69 Å². The van der Waals surface area contributed by atoms with E-state index in [4.69, 9.17) is 5.11 Å². The van der Waals surface area contributed by atoms with Gasteiger partial charge in [0.1, 0.15) is 11.9 Å². The number of aryl methyl sites for hydroxylation is 1. The van der Waals surface area contributed by atoms with Crippen molar-refractivity contribution in [1.82, 2.24) is 5.32 Å². The van der Waals surface area contributed by atoms with Gasteiger partial charge in [-0.15, -0.1) is 0 Å². The van der Waals surface area contributed by atoms with Gasteiger partial charge in [-0.25, -0.2) is 14.0 Å². The van der Waals surface area contributed by atoms with E-state index in [0.717, 1.165) is 0 Å². The monoisotopic (exact) mass is 360 g/mol. The van der Waals surface area contributed by atoms with E-state index in [9.17, 15) is 14.0 Å². The molecule has 0 bridgehead atoms. The Morgan fingerprint density at radius 1 is 1.38 bits per heavy atom. The molecule has 1 aromatic rings. The molecule has 0 aliphatic heterocycles. The minimum Gasteiger partial charge on any atom is -0.480 e. The number of carboxylic acid groups (broad SMARTS) is 1.